The molecule has 0 spiro atoms. The Morgan fingerprint density at radius 3 is 2.24 bits per heavy atom. The molecule has 2 aromatic carbocycles. The Hall–Kier alpha value is -2.19. The van der Waals surface area contributed by atoms with Crippen molar-refractivity contribution in [3.8, 4) is 0 Å². The summed E-state index contributed by atoms with van der Waals surface area (Å²) in [5, 5.41) is 7.48. The Bertz CT molecular complexity index is 926. The fourth-order valence-corrected chi connectivity index (χ4v) is 4.98. The number of benzene rings is 2. The number of piperidine rings is 1. The SMILES string of the molecule is CN1CCC(N2CCN(C(=O)[C@H](NC(=S)Nc3ccc(Cl)cc3)c3ccccc3)CC2)CC1. The number of amides is 1. The second-order valence-electron chi connectivity index (χ2n) is 8.84. The second kappa shape index (κ2) is 11.3. The normalized spacial score (nSPS) is 19.2. The molecule has 0 saturated carbocycles. The summed E-state index contributed by atoms with van der Waals surface area (Å²) in [5.41, 5.74) is 1.73. The quantitative estimate of drug-likeness (QED) is 0.631. The van der Waals surface area contributed by atoms with Gasteiger partial charge in [0.1, 0.15) is 6.04 Å². The number of rotatable bonds is 5. The van der Waals surface area contributed by atoms with Gasteiger partial charge in [0.25, 0.3) is 0 Å². The molecule has 2 aliphatic rings. The third-order valence-electron chi connectivity index (χ3n) is 6.59. The van der Waals surface area contributed by atoms with E-state index in [-0.39, 0.29) is 5.91 Å². The Morgan fingerprint density at radius 2 is 1.61 bits per heavy atom. The number of thiocarbonyl (C=S) groups is 1. The lowest BCUT2D eigenvalue weighted by Crippen LogP contribution is -2.55. The van der Waals surface area contributed by atoms with E-state index in [2.05, 4.69) is 27.5 Å². The van der Waals surface area contributed by atoms with Crippen LogP contribution in [-0.4, -0.2) is 78.1 Å². The van der Waals surface area contributed by atoms with Crippen LogP contribution < -0.4 is 10.6 Å². The van der Waals surface area contributed by atoms with Crippen LogP contribution >= 0.6 is 23.8 Å². The zero-order valence-corrected chi connectivity index (χ0v) is 20.6. The highest BCUT2D eigenvalue weighted by molar-refractivity contribution is 7.80. The molecule has 2 saturated heterocycles. The predicted molar refractivity (Wildman–Crippen MR) is 139 cm³/mol. The van der Waals surface area contributed by atoms with E-state index in [1.165, 1.54) is 12.8 Å². The number of piperazine rings is 1. The molecule has 0 aliphatic carbocycles. The van der Waals surface area contributed by atoms with E-state index in [1.54, 1.807) is 12.1 Å². The topological polar surface area (TPSA) is 50.9 Å². The number of hydrogen-bond acceptors (Lipinski definition) is 4. The van der Waals surface area contributed by atoms with Crippen LogP contribution in [0.3, 0.4) is 0 Å². The predicted octanol–water partition coefficient (Wildman–Crippen LogP) is 3.61. The molecule has 0 unspecified atom stereocenters. The van der Waals surface area contributed by atoms with Gasteiger partial charge in [0.05, 0.1) is 0 Å². The summed E-state index contributed by atoms with van der Waals surface area (Å²) >= 11 is 11.5. The first-order valence-corrected chi connectivity index (χ1v) is 12.4. The first-order valence-electron chi connectivity index (χ1n) is 11.6. The van der Waals surface area contributed by atoms with Gasteiger partial charge in [-0.3, -0.25) is 9.69 Å². The molecule has 0 bridgehead atoms. The molecule has 0 aromatic heterocycles. The highest BCUT2D eigenvalue weighted by Crippen LogP contribution is 2.21. The van der Waals surface area contributed by atoms with Crippen molar-refractivity contribution in [3.05, 3.63) is 65.2 Å². The summed E-state index contributed by atoms with van der Waals surface area (Å²) < 4.78 is 0. The van der Waals surface area contributed by atoms with Crippen molar-refractivity contribution >= 4 is 40.5 Å². The molecule has 1 atom stereocenters. The number of nitrogens with zero attached hydrogens (tertiary/aromatic N) is 3. The van der Waals surface area contributed by atoms with E-state index in [1.807, 2.05) is 47.4 Å². The Balaban J connectivity index is 1.39. The van der Waals surface area contributed by atoms with E-state index in [9.17, 15) is 4.79 Å². The molecule has 4 rings (SSSR count). The molecule has 0 radical (unpaired) electrons. The van der Waals surface area contributed by atoms with Crippen molar-refractivity contribution in [1.82, 2.24) is 20.0 Å². The van der Waals surface area contributed by atoms with Gasteiger partial charge in [-0.05, 0) is 75.0 Å². The lowest BCUT2D eigenvalue weighted by Gasteiger charge is -2.42. The molecule has 2 fully saturated rings. The molecule has 2 aromatic rings. The average Bonchev–Trinajstić information content (AvgIpc) is 2.85. The Kier molecular flexibility index (Phi) is 8.20. The van der Waals surface area contributed by atoms with Crippen LogP contribution in [0.25, 0.3) is 0 Å². The van der Waals surface area contributed by atoms with E-state index in [4.69, 9.17) is 23.8 Å². The highest BCUT2D eigenvalue weighted by Gasteiger charge is 2.32. The summed E-state index contributed by atoms with van der Waals surface area (Å²) in [6.45, 7) is 5.65. The van der Waals surface area contributed by atoms with Crippen LogP contribution in [0.1, 0.15) is 24.4 Å². The van der Waals surface area contributed by atoms with Crippen molar-refractivity contribution < 1.29 is 4.79 Å². The molecule has 6 nitrogen and oxygen atoms in total. The van der Waals surface area contributed by atoms with Crippen LogP contribution in [-0.2, 0) is 4.79 Å². The van der Waals surface area contributed by atoms with Gasteiger partial charge < -0.3 is 20.4 Å². The van der Waals surface area contributed by atoms with Crippen molar-refractivity contribution in [3.63, 3.8) is 0 Å². The van der Waals surface area contributed by atoms with Gasteiger partial charge in [-0.15, -0.1) is 0 Å². The summed E-state index contributed by atoms with van der Waals surface area (Å²) in [6, 6.07) is 17.2. The Labute approximate surface area is 206 Å². The largest absolute Gasteiger partial charge is 0.347 e. The van der Waals surface area contributed by atoms with Gasteiger partial charge in [0.15, 0.2) is 5.11 Å². The first kappa shape index (κ1) is 24.0. The maximum absolute atomic E-state index is 13.6. The maximum Gasteiger partial charge on any atom is 0.249 e. The fraction of sp³-hybridized carbons (Fsp3) is 0.440. The molecule has 176 valence electrons. The summed E-state index contributed by atoms with van der Waals surface area (Å²) in [5.74, 6) is 0.0597. The van der Waals surface area contributed by atoms with Crippen molar-refractivity contribution in [2.24, 2.45) is 0 Å². The molecule has 2 aliphatic heterocycles. The lowest BCUT2D eigenvalue weighted by molar-refractivity contribution is -0.135. The van der Waals surface area contributed by atoms with Crippen molar-refractivity contribution in [1.29, 1.82) is 0 Å². The van der Waals surface area contributed by atoms with Crippen LogP contribution in [0, 0.1) is 0 Å². The molecule has 33 heavy (non-hydrogen) atoms. The van der Waals surface area contributed by atoms with E-state index in [0.717, 1.165) is 50.5 Å². The average molecular weight is 486 g/mol. The number of hydrogen-bond donors (Lipinski definition) is 2. The number of halogens is 1. The van der Waals surface area contributed by atoms with Gasteiger partial charge >= 0.3 is 0 Å². The second-order valence-corrected chi connectivity index (χ2v) is 9.69. The van der Waals surface area contributed by atoms with Crippen LogP contribution in [0.2, 0.25) is 5.02 Å². The molecular formula is C25H32ClN5OS. The van der Waals surface area contributed by atoms with Gasteiger partial charge in [-0.25, -0.2) is 0 Å². The number of anilines is 1. The number of carbonyl (C=O) groups excluding carboxylic acids is 1. The maximum atomic E-state index is 13.6. The van der Waals surface area contributed by atoms with Gasteiger partial charge in [0.2, 0.25) is 5.91 Å². The minimum atomic E-state index is -0.534. The number of nitrogens with one attached hydrogen (secondary N) is 2. The first-order chi connectivity index (χ1) is 16.0. The summed E-state index contributed by atoms with van der Waals surface area (Å²) in [6.07, 6.45) is 2.42. The minimum absolute atomic E-state index is 0.0597. The highest BCUT2D eigenvalue weighted by atomic mass is 35.5. The van der Waals surface area contributed by atoms with E-state index in [0.29, 0.717) is 16.2 Å². The molecule has 1 amide bonds. The monoisotopic (exact) mass is 485 g/mol. The Morgan fingerprint density at radius 1 is 0.970 bits per heavy atom. The van der Waals surface area contributed by atoms with Crippen LogP contribution in [0.4, 0.5) is 5.69 Å². The smallest absolute Gasteiger partial charge is 0.249 e. The molecule has 2 N–H and O–H groups in total. The fourth-order valence-electron chi connectivity index (χ4n) is 4.61. The number of carbonyl (C=O) groups is 1. The van der Waals surface area contributed by atoms with Crippen molar-refractivity contribution in [2.45, 2.75) is 24.9 Å². The summed E-state index contributed by atoms with van der Waals surface area (Å²) in [7, 11) is 2.19. The van der Waals surface area contributed by atoms with Crippen LogP contribution in [0.5, 0.6) is 0 Å². The van der Waals surface area contributed by atoms with Gasteiger partial charge in [-0.2, -0.15) is 0 Å². The summed E-state index contributed by atoms with van der Waals surface area (Å²) in [4.78, 5) is 20.5. The minimum Gasteiger partial charge on any atom is -0.347 e. The third-order valence-corrected chi connectivity index (χ3v) is 7.06. The number of likely N-dealkylation sites (tertiary alicyclic amines) is 1. The van der Waals surface area contributed by atoms with E-state index >= 15 is 0 Å². The van der Waals surface area contributed by atoms with Gasteiger partial charge in [-0.1, -0.05) is 41.9 Å². The standard InChI is InChI=1S/C25H32ClN5OS/c1-29-13-11-22(12-14-29)30-15-17-31(18-16-30)24(32)23(19-5-3-2-4-6-19)28-25(33)27-21-9-7-20(26)8-10-21/h2-10,22-23H,11-18H2,1H3,(H2,27,28,33)/t23-/m1/s1. The lowest BCUT2D eigenvalue weighted by atomic mass is 10.0. The van der Waals surface area contributed by atoms with Crippen LogP contribution in [0.15, 0.2) is 54.6 Å². The van der Waals surface area contributed by atoms with Gasteiger partial charge in [0, 0.05) is 42.9 Å². The zero-order valence-electron chi connectivity index (χ0n) is 19.0. The molecule has 8 heteroatoms. The van der Waals surface area contributed by atoms with E-state index < -0.39 is 6.04 Å². The molecule has 2 heterocycles. The third kappa shape index (κ3) is 6.44. The molecular weight excluding hydrogens is 454 g/mol. The van der Waals surface area contributed by atoms with Crippen molar-refractivity contribution in [2.75, 3.05) is 51.6 Å². The zero-order chi connectivity index (χ0) is 23.2.